The average Bonchev–Trinajstić information content (AvgIpc) is 3.47. The minimum atomic E-state index is -0.474. The molecule has 0 aliphatic heterocycles. The second-order valence-corrected chi connectivity index (χ2v) is 8.49. The molecule has 2 aliphatic rings. The maximum Gasteiger partial charge on any atom is 0.339 e. The third-order valence-corrected chi connectivity index (χ3v) is 6.31. The lowest BCUT2D eigenvalue weighted by Crippen LogP contribution is -2.38. The molecule has 0 radical (unpaired) electrons. The van der Waals surface area contributed by atoms with Crippen molar-refractivity contribution in [2.45, 2.75) is 51.0 Å². The van der Waals surface area contributed by atoms with Crippen molar-refractivity contribution in [1.82, 2.24) is 10.3 Å². The van der Waals surface area contributed by atoms with Crippen LogP contribution in [0, 0.1) is 0 Å². The number of nitrogens with zero attached hydrogens (tertiary/aromatic N) is 1. The number of pyridine rings is 1. The number of benzene rings is 1. The molecule has 2 aliphatic carbocycles. The van der Waals surface area contributed by atoms with Gasteiger partial charge in [-0.25, -0.2) is 9.78 Å². The fraction of sp³-hybridized carbons (Fsp3) is 0.346. The van der Waals surface area contributed by atoms with Crippen molar-refractivity contribution in [2.24, 2.45) is 0 Å². The Hall–Kier alpha value is -3.41. The third kappa shape index (κ3) is 4.17. The topological polar surface area (TPSA) is 81.4 Å². The van der Waals surface area contributed by atoms with Crippen LogP contribution in [0.2, 0.25) is 0 Å². The van der Waals surface area contributed by atoms with E-state index in [0.29, 0.717) is 12.0 Å². The van der Waals surface area contributed by atoms with E-state index in [1.165, 1.54) is 6.42 Å². The average molecular weight is 431 g/mol. The number of carbonyl (C=O) groups excluding carboxylic acids is 2. The number of amides is 1. The van der Waals surface area contributed by atoms with E-state index in [9.17, 15) is 9.59 Å². The van der Waals surface area contributed by atoms with E-state index in [4.69, 9.17) is 14.1 Å². The van der Waals surface area contributed by atoms with Crippen LogP contribution in [-0.2, 0) is 16.0 Å². The zero-order valence-corrected chi connectivity index (χ0v) is 17.9. The lowest BCUT2D eigenvalue weighted by atomic mass is 9.95. The van der Waals surface area contributed by atoms with Gasteiger partial charge in [0.05, 0.1) is 23.0 Å². The van der Waals surface area contributed by atoms with Gasteiger partial charge in [0.1, 0.15) is 5.76 Å². The molecule has 0 atom stereocenters. The monoisotopic (exact) mass is 430 g/mol. The molecule has 3 aromatic rings. The number of rotatable bonds is 5. The Balaban J connectivity index is 1.40. The highest BCUT2D eigenvalue weighted by molar-refractivity contribution is 6.07. The predicted molar refractivity (Wildman–Crippen MR) is 122 cm³/mol. The van der Waals surface area contributed by atoms with Crippen molar-refractivity contribution in [1.29, 1.82) is 0 Å². The maximum absolute atomic E-state index is 13.2. The van der Waals surface area contributed by atoms with Gasteiger partial charge < -0.3 is 14.5 Å². The molecule has 5 rings (SSSR count). The summed E-state index contributed by atoms with van der Waals surface area (Å²) >= 11 is 0. The molecular formula is C26H26N2O4. The number of nitrogens with one attached hydrogen (secondary N) is 1. The first-order valence-corrected chi connectivity index (χ1v) is 11.3. The first-order chi connectivity index (χ1) is 15.7. The van der Waals surface area contributed by atoms with Gasteiger partial charge in [-0.3, -0.25) is 4.79 Å². The summed E-state index contributed by atoms with van der Waals surface area (Å²) in [4.78, 5) is 30.4. The normalized spacial score (nSPS) is 17.4. The van der Waals surface area contributed by atoms with Crippen LogP contribution in [0.3, 0.4) is 0 Å². The Morgan fingerprint density at radius 1 is 1.09 bits per heavy atom. The van der Waals surface area contributed by atoms with Gasteiger partial charge in [-0.1, -0.05) is 37.5 Å². The predicted octanol–water partition coefficient (Wildman–Crippen LogP) is 4.92. The first-order valence-electron chi connectivity index (χ1n) is 11.3. The summed E-state index contributed by atoms with van der Waals surface area (Å²) in [6, 6.07) is 11.5. The highest BCUT2D eigenvalue weighted by Gasteiger charge is 2.28. The van der Waals surface area contributed by atoms with Crippen LogP contribution in [0.1, 0.15) is 65.9 Å². The van der Waals surface area contributed by atoms with Crippen LogP contribution in [0.4, 0.5) is 0 Å². The van der Waals surface area contributed by atoms with Crippen LogP contribution in [0.25, 0.3) is 22.6 Å². The standard InChI is InChI=1S/C26H26N2O4/c29-23(27-18-7-2-1-3-8-18)16-32-26(30)24-20-10-4-5-11-22(20)28-25-17(12-13-21(24)25)15-19-9-6-14-31-19/h4-6,9-11,14-15,18H,1-3,7-8,12-13,16H2,(H,27,29). The minimum absolute atomic E-state index is 0.190. The number of hydrogen-bond acceptors (Lipinski definition) is 5. The lowest BCUT2D eigenvalue weighted by molar-refractivity contribution is -0.125. The minimum Gasteiger partial charge on any atom is -0.465 e. The molecule has 0 saturated heterocycles. The maximum atomic E-state index is 13.2. The summed E-state index contributed by atoms with van der Waals surface area (Å²) in [7, 11) is 0. The van der Waals surface area contributed by atoms with E-state index in [2.05, 4.69) is 5.32 Å². The van der Waals surface area contributed by atoms with Gasteiger partial charge in [0.15, 0.2) is 6.61 Å². The zero-order valence-electron chi connectivity index (χ0n) is 17.9. The van der Waals surface area contributed by atoms with Crippen molar-refractivity contribution in [2.75, 3.05) is 6.61 Å². The number of fused-ring (bicyclic) bond motifs is 2. The van der Waals surface area contributed by atoms with Crippen LogP contribution >= 0.6 is 0 Å². The van der Waals surface area contributed by atoms with Gasteiger partial charge in [0.25, 0.3) is 5.91 Å². The van der Waals surface area contributed by atoms with Crippen LogP contribution < -0.4 is 5.32 Å². The summed E-state index contributed by atoms with van der Waals surface area (Å²) in [6.07, 6.45) is 10.5. The Bertz CT molecular complexity index is 1170. The molecule has 164 valence electrons. The summed E-state index contributed by atoms with van der Waals surface area (Å²) in [5, 5.41) is 3.75. The number of allylic oxidation sites excluding steroid dienone is 1. The molecule has 1 saturated carbocycles. The molecular weight excluding hydrogens is 404 g/mol. The van der Waals surface area contributed by atoms with E-state index in [1.54, 1.807) is 6.26 Å². The lowest BCUT2D eigenvalue weighted by Gasteiger charge is -2.22. The molecule has 0 bridgehead atoms. The molecule has 1 amide bonds. The van der Waals surface area contributed by atoms with E-state index < -0.39 is 5.97 Å². The van der Waals surface area contributed by atoms with Crippen LogP contribution in [0.5, 0.6) is 0 Å². The second-order valence-electron chi connectivity index (χ2n) is 8.49. The number of ether oxygens (including phenoxy) is 1. The quantitative estimate of drug-likeness (QED) is 0.581. The Kier molecular flexibility index (Phi) is 5.75. The van der Waals surface area contributed by atoms with Gasteiger partial charge in [0.2, 0.25) is 0 Å². The largest absolute Gasteiger partial charge is 0.465 e. The zero-order chi connectivity index (χ0) is 21.9. The Morgan fingerprint density at radius 2 is 1.94 bits per heavy atom. The highest BCUT2D eigenvalue weighted by atomic mass is 16.5. The molecule has 32 heavy (non-hydrogen) atoms. The number of furan rings is 1. The number of esters is 1. The molecule has 6 nitrogen and oxygen atoms in total. The Labute approximate surface area is 186 Å². The molecule has 2 heterocycles. The Morgan fingerprint density at radius 3 is 2.75 bits per heavy atom. The fourth-order valence-electron chi connectivity index (χ4n) is 4.78. The number of carbonyl (C=O) groups is 2. The van der Waals surface area contributed by atoms with Crippen LogP contribution in [-0.4, -0.2) is 29.5 Å². The second kappa shape index (κ2) is 8.99. The van der Waals surface area contributed by atoms with Crippen LogP contribution in [0.15, 0.2) is 47.1 Å². The summed E-state index contributed by atoms with van der Waals surface area (Å²) in [5.41, 5.74) is 3.96. The van der Waals surface area contributed by atoms with E-state index in [0.717, 1.165) is 65.6 Å². The number of hydrogen-bond donors (Lipinski definition) is 1. The highest BCUT2D eigenvalue weighted by Crippen LogP contribution is 2.37. The van der Waals surface area contributed by atoms with Crippen molar-refractivity contribution in [3.63, 3.8) is 0 Å². The summed E-state index contributed by atoms with van der Waals surface area (Å²) < 4.78 is 11.0. The van der Waals surface area contributed by atoms with Gasteiger partial charge in [-0.2, -0.15) is 0 Å². The first kappa shape index (κ1) is 20.5. The number of aromatic nitrogens is 1. The molecule has 6 heteroatoms. The van der Waals surface area contributed by atoms with E-state index in [1.807, 2.05) is 42.5 Å². The molecule has 1 fully saturated rings. The van der Waals surface area contributed by atoms with Crippen molar-refractivity contribution in [3.05, 3.63) is 65.2 Å². The molecule has 2 aromatic heterocycles. The molecule has 0 unspecified atom stereocenters. The molecule has 0 spiro atoms. The van der Waals surface area contributed by atoms with Crippen molar-refractivity contribution < 1.29 is 18.7 Å². The van der Waals surface area contributed by atoms with Gasteiger partial charge >= 0.3 is 5.97 Å². The third-order valence-electron chi connectivity index (χ3n) is 6.31. The summed E-state index contributed by atoms with van der Waals surface area (Å²) in [5.74, 6) is 0.0443. The SMILES string of the molecule is O=C(COC(=O)c1c2c(nc3ccccc13)C(=Cc1ccco1)CC2)NC1CCCCC1. The molecule has 1 N–H and O–H groups in total. The fourth-order valence-corrected chi connectivity index (χ4v) is 4.78. The smallest absolute Gasteiger partial charge is 0.339 e. The van der Waals surface area contributed by atoms with Gasteiger partial charge in [-0.05, 0) is 61.1 Å². The van der Waals surface area contributed by atoms with Gasteiger partial charge in [0, 0.05) is 11.4 Å². The number of para-hydroxylation sites is 1. The van der Waals surface area contributed by atoms with Crippen molar-refractivity contribution in [3.8, 4) is 0 Å². The van der Waals surface area contributed by atoms with Gasteiger partial charge in [-0.15, -0.1) is 0 Å². The van der Waals surface area contributed by atoms with E-state index >= 15 is 0 Å². The summed E-state index contributed by atoms with van der Waals surface area (Å²) in [6.45, 7) is -0.268. The van der Waals surface area contributed by atoms with E-state index in [-0.39, 0.29) is 18.6 Å². The molecule has 1 aromatic carbocycles. The van der Waals surface area contributed by atoms with Crippen molar-refractivity contribution >= 4 is 34.4 Å².